The number of anilines is 2. The molecule has 0 unspecified atom stereocenters. The van der Waals surface area contributed by atoms with Crippen LogP contribution in [0.3, 0.4) is 0 Å². The maximum Gasteiger partial charge on any atom is 0.293 e. The lowest BCUT2D eigenvalue weighted by Gasteiger charge is -2.39. The van der Waals surface area contributed by atoms with E-state index in [4.69, 9.17) is 21.1 Å². The summed E-state index contributed by atoms with van der Waals surface area (Å²) in [5.41, 5.74) is 6.00. The van der Waals surface area contributed by atoms with Crippen LogP contribution < -0.4 is 19.3 Å². The molecule has 0 spiro atoms. The first-order chi connectivity index (χ1) is 28.3. The van der Waals surface area contributed by atoms with E-state index in [-0.39, 0.29) is 28.1 Å². The Morgan fingerprint density at radius 1 is 0.932 bits per heavy atom. The molecule has 13 nitrogen and oxygen atoms in total. The van der Waals surface area contributed by atoms with Gasteiger partial charge in [0.1, 0.15) is 17.2 Å². The number of sulfonamides is 1. The van der Waals surface area contributed by atoms with Crippen LogP contribution in [0, 0.1) is 15.5 Å². The van der Waals surface area contributed by atoms with Crippen molar-refractivity contribution in [3.8, 4) is 11.5 Å². The third-order valence-corrected chi connectivity index (χ3v) is 13.1. The number of rotatable bonds is 11. The fourth-order valence-corrected chi connectivity index (χ4v) is 9.34. The second-order valence-corrected chi connectivity index (χ2v) is 18.3. The molecule has 1 amide bonds. The van der Waals surface area contributed by atoms with Gasteiger partial charge < -0.3 is 24.3 Å². The highest BCUT2D eigenvalue weighted by molar-refractivity contribution is 7.90. The number of halogens is 1. The van der Waals surface area contributed by atoms with Gasteiger partial charge in [0, 0.05) is 85.8 Å². The molecule has 3 aliphatic rings. The van der Waals surface area contributed by atoms with Crippen molar-refractivity contribution < 1.29 is 27.6 Å². The number of carbonyl (C=O) groups excluding carboxylic acids is 1. The van der Waals surface area contributed by atoms with Gasteiger partial charge in [-0.3, -0.25) is 19.8 Å². The Morgan fingerprint density at radius 2 is 1.69 bits per heavy atom. The number of ether oxygens (including phenoxy) is 2. The number of nitrogens with one attached hydrogen (secondary N) is 2. The van der Waals surface area contributed by atoms with E-state index < -0.39 is 25.7 Å². The number of nitrogens with zero attached hydrogens (tertiary/aromatic N) is 4. The molecule has 2 N–H and O–H groups in total. The van der Waals surface area contributed by atoms with Gasteiger partial charge in [-0.05, 0) is 96.5 Å². The van der Waals surface area contributed by atoms with Gasteiger partial charge in [0.15, 0.2) is 0 Å². The predicted molar refractivity (Wildman–Crippen MR) is 230 cm³/mol. The smallest absolute Gasteiger partial charge is 0.293 e. The average molecular weight is 839 g/mol. The highest BCUT2D eigenvalue weighted by Gasteiger charge is 2.31. The van der Waals surface area contributed by atoms with Crippen LogP contribution in [-0.4, -0.2) is 88.2 Å². The predicted octanol–water partition coefficient (Wildman–Crippen LogP) is 8.26. The zero-order chi connectivity index (χ0) is 41.3. The van der Waals surface area contributed by atoms with E-state index in [1.54, 1.807) is 29.2 Å². The number of amides is 1. The summed E-state index contributed by atoms with van der Waals surface area (Å²) in [4.78, 5) is 34.6. The molecule has 5 aromatic rings. The largest absolute Gasteiger partial charge is 0.456 e. The summed E-state index contributed by atoms with van der Waals surface area (Å²) < 4.78 is 41.2. The number of morpholine rings is 1. The van der Waals surface area contributed by atoms with Crippen molar-refractivity contribution in [2.45, 2.75) is 38.0 Å². The molecule has 0 radical (unpaired) electrons. The summed E-state index contributed by atoms with van der Waals surface area (Å²) in [6.45, 7) is 10.4. The minimum Gasteiger partial charge on any atom is -0.456 e. The van der Waals surface area contributed by atoms with Crippen LogP contribution in [0.25, 0.3) is 16.5 Å². The monoisotopic (exact) mass is 838 g/mol. The molecule has 0 saturated carbocycles. The van der Waals surface area contributed by atoms with Gasteiger partial charge in [-0.1, -0.05) is 43.2 Å². The van der Waals surface area contributed by atoms with Crippen LogP contribution in [0.4, 0.5) is 17.1 Å². The third-order valence-electron chi connectivity index (χ3n) is 11.5. The number of hydrogen-bond acceptors (Lipinski definition) is 10. The molecular formula is C44H47ClN6O7S. The maximum absolute atomic E-state index is 13.9. The number of nitro benzene ring substituents is 1. The van der Waals surface area contributed by atoms with Crippen LogP contribution in [0.15, 0.2) is 102 Å². The molecule has 15 heteroatoms. The van der Waals surface area contributed by atoms with Gasteiger partial charge in [-0.15, -0.1) is 0 Å². The zero-order valence-corrected chi connectivity index (χ0v) is 34.7. The second-order valence-electron chi connectivity index (χ2n) is 16.1. The number of nitro groups is 1. The summed E-state index contributed by atoms with van der Waals surface area (Å²) >= 11 is 6.24. The zero-order valence-electron chi connectivity index (χ0n) is 33.1. The molecule has 0 bridgehead atoms. The molecular weight excluding hydrogens is 792 g/mol. The topological polar surface area (TPSA) is 150 Å². The summed E-state index contributed by atoms with van der Waals surface area (Å²) in [6, 6.07) is 24.3. The lowest BCUT2D eigenvalue weighted by Crippen LogP contribution is -2.47. The van der Waals surface area contributed by atoms with Gasteiger partial charge in [0.25, 0.3) is 21.6 Å². The van der Waals surface area contributed by atoms with E-state index >= 15 is 0 Å². The number of H-pyrrole nitrogens is 1. The van der Waals surface area contributed by atoms with Gasteiger partial charge in [-0.2, -0.15) is 0 Å². The van der Waals surface area contributed by atoms with Crippen LogP contribution in [-0.2, 0) is 14.8 Å². The Kier molecular flexibility index (Phi) is 11.4. The van der Waals surface area contributed by atoms with Crippen molar-refractivity contribution in [1.29, 1.82) is 0 Å². The Labute approximate surface area is 348 Å². The van der Waals surface area contributed by atoms with E-state index in [9.17, 15) is 23.3 Å². The molecule has 2 aliphatic heterocycles. The van der Waals surface area contributed by atoms with Gasteiger partial charge in [0.05, 0.1) is 28.6 Å². The molecule has 4 aromatic carbocycles. The van der Waals surface area contributed by atoms with E-state index in [0.29, 0.717) is 32.1 Å². The van der Waals surface area contributed by atoms with Gasteiger partial charge in [0.2, 0.25) is 0 Å². The number of aromatic nitrogens is 1. The minimum atomic E-state index is -4.53. The summed E-state index contributed by atoms with van der Waals surface area (Å²) in [7, 11) is -4.53. The van der Waals surface area contributed by atoms with Crippen LogP contribution >= 0.6 is 11.6 Å². The van der Waals surface area contributed by atoms with Crippen molar-refractivity contribution in [1.82, 2.24) is 14.6 Å². The standard InChI is InChI=1S/C44H47ClN6O7S/c1-44(2)15-13-32(38(28-44)30-3-5-33(45)6-4-30)29-48-17-19-49(20-18-48)34-7-10-37(42(26-34)58-35-8-11-39-31(25-35)14-16-46-39)43(52)47-59(55,56)36-9-12-40(41(27-36)51(53)54)50-21-23-57-24-22-50/h3-12,14,16,25-27,46H,13,15,17-24,28-29H2,1-2H3,(H,47,52). The number of benzene rings is 4. The molecule has 2 fully saturated rings. The molecule has 1 aromatic heterocycles. The van der Waals surface area contributed by atoms with Gasteiger partial charge in [-0.25, -0.2) is 13.1 Å². The molecule has 8 rings (SSSR count). The highest BCUT2D eigenvalue weighted by Crippen LogP contribution is 2.43. The number of hydrogen-bond donors (Lipinski definition) is 2. The van der Waals surface area contributed by atoms with Crippen molar-refractivity contribution in [2.24, 2.45) is 5.41 Å². The summed E-state index contributed by atoms with van der Waals surface area (Å²) in [5.74, 6) is -0.297. The van der Waals surface area contributed by atoms with E-state index in [0.717, 1.165) is 79.7 Å². The van der Waals surface area contributed by atoms with Crippen molar-refractivity contribution in [3.05, 3.63) is 123 Å². The SMILES string of the molecule is CC1(C)CCC(CN2CCN(c3ccc(C(=O)NS(=O)(=O)c4ccc(N5CCOCC5)c([N+](=O)[O-])c4)c(Oc4ccc5[nH]ccc5c4)c3)CC2)=C(c2ccc(Cl)cc2)C1. The fraction of sp³-hybridized carbons (Fsp3) is 0.341. The van der Waals surface area contributed by atoms with Crippen molar-refractivity contribution >= 4 is 61.1 Å². The van der Waals surface area contributed by atoms with Crippen molar-refractivity contribution in [2.75, 3.05) is 68.8 Å². The first-order valence-corrected chi connectivity index (χ1v) is 21.7. The lowest BCUT2D eigenvalue weighted by molar-refractivity contribution is -0.384. The Bertz CT molecular complexity index is 2520. The van der Waals surface area contributed by atoms with Crippen LogP contribution in [0.2, 0.25) is 5.02 Å². The summed E-state index contributed by atoms with van der Waals surface area (Å²) in [6.07, 6.45) is 5.03. The van der Waals surface area contributed by atoms with E-state index in [1.807, 2.05) is 36.5 Å². The second kappa shape index (κ2) is 16.7. The Hall–Kier alpha value is -5.41. The molecule has 3 heterocycles. The number of aromatic amines is 1. The van der Waals surface area contributed by atoms with Crippen molar-refractivity contribution in [3.63, 3.8) is 0 Å². The third kappa shape index (κ3) is 9.10. The number of fused-ring (bicyclic) bond motifs is 1. The van der Waals surface area contributed by atoms with E-state index in [2.05, 4.69) is 45.5 Å². The Balaban J connectivity index is 1.02. The molecule has 1 aliphatic carbocycles. The minimum absolute atomic E-state index is 0.00791. The molecule has 0 atom stereocenters. The lowest BCUT2D eigenvalue weighted by atomic mass is 9.72. The first-order valence-electron chi connectivity index (χ1n) is 19.8. The normalized spacial score (nSPS) is 17.6. The number of piperazine rings is 1. The number of allylic oxidation sites excluding steroid dienone is 1. The molecule has 2 saturated heterocycles. The average Bonchev–Trinajstić information content (AvgIpc) is 3.70. The summed E-state index contributed by atoms with van der Waals surface area (Å²) in [5, 5.41) is 13.7. The fourth-order valence-electron chi connectivity index (χ4n) is 8.22. The first kappa shape index (κ1) is 40.4. The van der Waals surface area contributed by atoms with E-state index in [1.165, 1.54) is 28.8 Å². The molecule has 59 heavy (non-hydrogen) atoms. The van der Waals surface area contributed by atoms with Gasteiger partial charge >= 0.3 is 0 Å². The molecule has 308 valence electrons. The Morgan fingerprint density at radius 3 is 2.44 bits per heavy atom. The number of carbonyl (C=O) groups is 1. The quantitative estimate of drug-likeness (QED) is 0.0983. The van der Waals surface area contributed by atoms with Crippen LogP contribution in [0.5, 0.6) is 11.5 Å². The highest BCUT2D eigenvalue weighted by atomic mass is 35.5. The maximum atomic E-state index is 13.9. The van der Waals surface area contributed by atoms with Crippen LogP contribution in [0.1, 0.15) is 49.0 Å².